The van der Waals surface area contributed by atoms with E-state index in [0.29, 0.717) is 0 Å². The zero-order valence-electron chi connectivity index (χ0n) is 21.2. The first-order chi connectivity index (χ1) is 19.2. The smallest absolute Gasteiger partial charge is 0.171 e. The van der Waals surface area contributed by atoms with Gasteiger partial charge in [0.1, 0.15) is 0 Å². The van der Waals surface area contributed by atoms with Crippen LogP contribution < -0.4 is 15.9 Å². The molecule has 0 atom stereocenters. The Morgan fingerprint density at radius 3 is 1.56 bits per heavy atom. The molecule has 0 aliphatic rings. The minimum absolute atomic E-state index is 0.808. The van der Waals surface area contributed by atoms with Gasteiger partial charge in [-0.25, -0.2) is 0 Å². The van der Waals surface area contributed by atoms with Crippen LogP contribution in [0.3, 0.4) is 0 Å². The normalized spacial score (nSPS) is 11.7. The standard InChI is InChI=1S/C35H25N2OP/c38-39(28-11-3-1-4-12-28,29-13-5-2-6-14-29)30-21-19-26(20-22-30)33-25-27(23-24-36-33)37-34-17-9-7-15-31(34)32-16-8-10-18-35(32)37/h1-25H. The van der Waals surface area contributed by atoms with Gasteiger partial charge in [0.15, 0.2) is 7.14 Å². The molecule has 7 aromatic rings. The van der Waals surface area contributed by atoms with Crippen molar-refractivity contribution >= 4 is 44.9 Å². The van der Waals surface area contributed by atoms with Crippen molar-refractivity contribution in [2.24, 2.45) is 0 Å². The minimum Gasteiger partial charge on any atom is -0.309 e. The zero-order chi connectivity index (χ0) is 26.2. The van der Waals surface area contributed by atoms with E-state index in [1.165, 1.54) is 10.8 Å². The van der Waals surface area contributed by atoms with Crippen molar-refractivity contribution in [3.8, 4) is 16.9 Å². The molecule has 0 unspecified atom stereocenters. The van der Waals surface area contributed by atoms with Crippen LogP contribution in [0.15, 0.2) is 152 Å². The van der Waals surface area contributed by atoms with Gasteiger partial charge in [-0.2, -0.15) is 0 Å². The van der Waals surface area contributed by atoms with E-state index < -0.39 is 7.14 Å². The van der Waals surface area contributed by atoms with Crippen molar-refractivity contribution < 1.29 is 4.57 Å². The molecule has 3 nitrogen and oxygen atoms in total. The molecule has 0 saturated heterocycles. The fourth-order valence-corrected chi connectivity index (χ4v) is 8.13. The summed E-state index contributed by atoms with van der Waals surface area (Å²) in [6.07, 6.45) is 1.86. The maximum Gasteiger partial charge on any atom is 0.171 e. The van der Waals surface area contributed by atoms with Crippen LogP contribution in [0, 0.1) is 0 Å². The van der Waals surface area contributed by atoms with Crippen LogP contribution in [-0.4, -0.2) is 9.55 Å². The zero-order valence-corrected chi connectivity index (χ0v) is 22.1. The first-order valence-electron chi connectivity index (χ1n) is 13.0. The highest BCUT2D eigenvalue weighted by Gasteiger charge is 2.29. The Morgan fingerprint density at radius 2 is 1.00 bits per heavy atom. The maximum atomic E-state index is 14.7. The summed E-state index contributed by atoms with van der Waals surface area (Å²) in [6.45, 7) is 0. The second-order valence-corrected chi connectivity index (χ2v) is 12.4. The third-order valence-electron chi connectivity index (χ3n) is 7.35. The number of benzene rings is 5. The molecule has 2 heterocycles. The Bertz CT molecular complexity index is 1880. The van der Waals surface area contributed by atoms with Gasteiger partial charge in [-0.1, -0.05) is 121 Å². The van der Waals surface area contributed by atoms with E-state index in [0.717, 1.165) is 43.9 Å². The number of pyridine rings is 1. The van der Waals surface area contributed by atoms with Gasteiger partial charge in [-0.3, -0.25) is 4.98 Å². The molecule has 7 rings (SSSR count). The molecule has 0 aliphatic heterocycles. The van der Waals surface area contributed by atoms with Gasteiger partial charge in [-0.05, 0) is 24.3 Å². The Morgan fingerprint density at radius 1 is 0.513 bits per heavy atom. The van der Waals surface area contributed by atoms with Gasteiger partial charge in [0, 0.05) is 44.1 Å². The number of hydrogen-bond donors (Lipinski definition) is 0. The van der Waals surface area contributed by atoms with Crippen molar-refractivity contribution in [2.75, 3.05) is 0 Å². The summed E-state index contributed by atoms with van der Waals surface area (Å²) in [5.74, 6) is 0. The Balaban J connectivity index is 1.33. The first-order valence-corrected chi connectivity index (χ1v) is 14.7. The molecule has 186 valence electrons. The lowest BCUT2D eigenvalue weighted by Gasteiger charge is -2.20. The second-order valence-electron chi connectivity index (χ2n) is 9.60. The fraction of sp³-hybridized carbons (Fsp3) is 0. The topological polar surface area (TPSA) is 34.9 Å². The van der Waals surface area contributed by atoms with Crippen LogP contribution in [0.4, 0.5) is 0 Å². The third-order valence-corrected chi connectivity index (χ3v) is 10.4. The van der Waals surface area contributed by atoms with E-state index in [2.05, 4.69) is 65.2 Å². The molecule has 5 aromatic carbocycles. The van der Waals surface area contributed by atoms with Crippen molar-refractivity contribution in [1.82, 2.24) is 9.55 Å². The number of fused-ring (bicyclic) bond motifs is 3. The summed E-state index contributed by atoms with van der Waals surface area (Å²) in [5, 5.41) is 4.93. The number of rotatable bonds is 5. The van der Waals surface area contributed by atoms with Crippen molar-refractivity contribution in [1.29, 1.82) is 0 Å². The Labute approximate surface area is 227 Å². The molecule has 0 amide bonds. The first kappa shape index (κ1) is 23.4. The van der Waals surface area contributed by atoms with Crippen LogP contribution in [0.25, 0.3) is 38.8 Å². The average Bonchev–Trinajstić information content (AvgIpc) is 3.36. The van der Waals surface area contributed by atoms with E-state index in [-0.39, 0.29) is 0 Å². The second kappa shape index (κ2) is 9.54. The molecule has 4 heteroatoms. The van der Waals surface area contributed by atoms with E-state index >= 15 is 0 Å². The molecule has 39 heavy (non-hydrogen) atoms. The Hall–Kier alpha value is -4.72. The summed E-state index contributed by atoms with van der Waals surface area (Å²) in [5.41, 5.74) is 5.24. The monoisotopic (exact) mass is 520 g/mol. The van der Waals surface area contributed by atoms with Crippen molar-refractivity contribution in [2.45, 2.75) is 0 Å². The Kier molecular flexibility index (Phi) is 5.73. The van der Waals surface area contributed by atoms with E-state index in [9.17, 15) is 4.57 Å². The van der Waals surface area contributed by atoms with Gasteiger partial charge in [0.05, 0.1) is 16.7 Å². The average molecular weight is 521 g/mol. The number of para-hydroxylation sites is 2. The number of hydrogen-bond acceptors (Lipinski definition) is 2. The van der Waals surface area contributed by atoms with Gasteiger partial charge < -0.3 is 9.13 Å². The van der Waals surface area contributed by atoms with Crippen molar-refractivity contribution in [3.63, 3.8) is 0 Å². The molecular weight excluding hydrogens is 495 g/mol. The predicted molar refractivity (Wildman–Crippen MR) is 163 cm³/mol. The molecule has 0 N–H and O–H groups in total. The highest BCUT2D eigenvalue weighted by atomic mass is 31.2. The molecule has 0 aliphatic carbocycles. The number of aromatic nitrogens is 2. The van der Waals surface area contributed by atoms with Gasteiger partial charge in [0.2, 0.25) is 0 Å². The lowest BCUT2D eigenvalue weighted by molar-refractivity contribution is 0.592. The van der Waals surface area contributed by atoms with E-state index in [1.54, 1.807) is 0 Å². The SMILES string of the molecule is O=P(c1ccccc1)(c1ccccc1)c1ccc(-c2cc(-n3c4ccccc4c4ccccc43)ccn2)cc1. The van der Waals surface area contributed by atoms with Crippen LogP contribution in [-0.2, 0) is 4.57 Å². The molecular formula is C35H25N2OP. The van der Waals surface area contributed by atoms with E-state index in [4.69, 9.17) is 4.98 Å². The van der Waals surface area contributed by atoms with Crippen LogP contribution in [0.5, 0.6) is 0 Å². The quantitative estimate of drug-likeness (QED) is 0.221. The fourth-order valence-electron chi connectivity index (χ4n) is 5.48. The lowest BCUT2D eigenvalue weighted by atomic mass is 10.1. The molecule has 0 bridgehead atoms. The maximum absolute atomic E-state index is 14.7. The third kappa shape index (κ3) is 3.91. The van der Waals surface area contributed by atoms with Gasteiger partial charge >= 0.3 is 0 Å². The molecule has 0 saturated carbocycles. The minimum atomic E-state index is -3.02. The lowest BCUT2D eigenvalue weighted by Crippen LogP contribution is -2.24. The molecule has 0 radical (unpaired) electrons. The largest absolute Gasteiger partial charge is 0.309 e. The molecule has 0 fully saturated rings. The van der Waals surface area contributed by atoms with Gasteiger partial charge in [-0.15, -0.1) is 0 Å². The molecule has 0 spiro atoms. The summed E-state index contributed by atoms with van der Waals surface area (Å²) in [4.78, 5) is 4.71. The van der Waals surface area contributed by atoms with E-state index in [1.807, 2.05) is 91.1 Å². The number of nitrogens with zero attached hydrogens (tertiary/aromatic N) is 2. The summed E-state index contributed by atoms with van der Waals surface area (Å²) >= 11 is 0. The summed E-state index contributed by atoms with van der Waals surface area (Å²) in [7, 11) is -3.02. The summed E-state index contributed by atoms with van der Waals surface area (Å²) in [6, 6.07) is 48.8. The highest BCUT2D eigenvalue weighted by Crippen LogP contribution is 2.42. The van der Waals surface area contributed by atoms with Crippen LogP contribution >= 0.6 is 7.14 Å². The van der Waals surface area contributed by atoms with Crippen molar-refractivity contribution in [3.05, 3.63) is 152 Å². The van der Waals surface area contributed by atoms with Crippen LogP contribution in [0.2, 0.25) is 0 Å². The van der Waals surface area contributed by atoms with Gasteiger partial charge in [0.25, 0.3) is 0 Å². The molecule has 2 aromatic heterocycles. The summed E-state index contributed by atoms with van der Waals surface area (Å²) < 4.78 is 17.0. The van der Waals surface area contributed by atoms with Crippen LogP contribution in [0.1, 0.15) is 0 Å². The highest BCUT2D eigenvalue weighted by molar-refractivity contribution is 7.85. The predicted octanol–water partition coefficient (Wildman–Crippen LogP) is 7.49.